The zero-order chi connectivity index (χ0) is 9.73. The smallest absolute Gasteiger partial charge is 0.0438 e. The Balaban J connectivity index is 1.85. The van der Waals surface area contributed by atoms with E-state index >= 15 is 0 Å². The Hall–Kier alpha value is 0.270. The second-order valence-electron chi connectivity index (χ2n) is 4.56. The Morgan fingerprint density at radius 1 is 1.31 bits per heavy atom. The summed E-state index contributed by atoms with van der Waals surface area (Å²) in [6.07, 6.45) is 0.941. The van der Waals surface area contributed by atoms with Crippen molar-refractivity contribution in [1.82, 2.24) is 4.90 Å². The number of nitrogens with zero attached hydrogens (tertiary/aromatic N) is 1. The lowest BCUT2D eigenvalue weighted by molar-refractivity contribution is 0.0375. The van der Waals surface area contributed by atoms with E-state index in [4.69, 9.17) is 5.11 Å². The van der Waals surface area contributed by atoms with Gasteiger partial charge in [0.05, 0.1) is 0 Å². The van der Waals surface area contributed by atoms with Crippen molar-refractivity contribution in [1.29, 1.82) is 0 Å². The molecule has 0 aromatic carbocycles. The fourth-order valence-electron chi connectivity index (χ4n) is 1.78. The maximum absolute atomic E-state index is 8.58. The topological polar surface area (TPSA) is 23.5 Å². The summed E-state index contributed by atoms with van der Waals surface area (Å²) in [7, 11) is 0. The van der Waals surface area contributed by atoms with E-state index in [0.29, 0.717) is 12.0 Å². The molecule has 0 saturated carbocycles. The number of rotatable bonds is 6. The van der Waals surface area contributed by atoms with Crippen LogP contribution in [0.25, 0.3) is 0 Å². The minimum atomic E-state index is 0.337. The molecule has 0 amide bonds. The lowest BCUT2D eigenvalue weighted by Crippen LogP contribution is -2.53. The van der Waals surface area contributed by atoms with Crippen LogP contribution in [0, 0.1) is 5.41 Å². The molecule has 2 nitrogen and oxygen atoms in total. The summed E-state index contributed by atoms with van der Waals surface area (Å²) in [4.78, 5) is 2.51. The number of thioether (sulfide) groups is 1. The molecule has 3 heteroatoms. The summed E-state index contributed by atoms with van der Waals surface area (Å²) in [5, 5.41) is 8.58. The third-order valence-electron chi connectivity index (χ3n) is 2.30. The van der Waals surface area contributed by atoms with Gasteiger partial charge in [-0.3, -0.25) is 0 Å². The molecular weight excluding hydrogens is 182 g/mol. The Bertz CT molecular complexity index is 142. The molecule has 0 unspecified atom stereocenters. The summed E-state index contributed by atoms with van der Waals surface area (Å²) in [6.45, 7) is 8.72. The van der Waals surface area contributed by atoms with Crippen LogP contribution in [0.1, 0.15) is 20.3 Å². The number of aliphatic hydroxyl groups is 1. The Kier molecular flexibility index (Phi) is 4.56. The van der Waals surface area contributed by atoms with Crippen LogP contribution >= 0.6 is 11.8 Å². The van der Waals surface area contributed by atoms with Crippen LogP contribution in [0.5, 0.6) is 0 Å². The van der Waals surface area contributed by atoms with Crippen molar-refractivity contribution in [2.45, 2.75) is 20.3 Å². The van der Waals surface area contributed by atoms with Gasteiger partial charge >= 0.3 is 0 Å². The van der Waals surface area contributed by atoms with Gasteiger partial charge in [-0.25, -0.2) is 0 Å². The van der Waals surface area contributed by atoms with Crippen molar-refractivity contribution in [2.75, 3.05) is 37.7 Å². The van der Waals surface area contributed by atoms with Crippen molar-refractivity contribution in [2.24, 2.45) is 5.41 Å². The molecule has 0 aliphatic carbocycles. The van der Waals surface area contributed by atoms with E-state index in [1.165, 1.54) is 25.4 Å². The Morgan fingerprint density at radius 3 is 2.54 bits per heavy atom. The summed E-state index contributed by atoms with van der Waals surface area (Å²) < 4.78 is 0. The molecule has 1 rings (SSSR count). The number of hydrogen-bond donors (Lipinski definition) is 1. The van der Waals surface area contributed by atoms with E-state index in [0.717, 1.165) is 12.2 Å². The highest BCUT2D eigenvalue weighted by molar-refractivity contribution is 7.99. The highest BCUT2D eigenvalue weighted by atomic mass is 32.2. The molecule has 0 spiro atoms. The van der Waals surface area contributed by atoms with Gasteiger partial charge in [-0.1, -0.05) is 13.8 Å². The van der Waals surface area contributed by atoms with E-state index in [1.54, 1.807) is 0 Å². The molecule has 1 N–H and O–H groups in total. The Labute approximate surface area is 85.7 Å². The largest absolute Gasteiger partial charge is 0.396 e. The van der Waals surface area contributed by atoms with Gasteiger partial charge in [0.2, 0.25) is 0 Å². The lowest BCUT2D eigenvalue weighted by Gasteiger charge is -2.45. The molecule has 0 radical (unpaired) electrons. The van der Waals surface area contributed by atoms with Gasteiger partial charge in [-0.15, -0.1) is 0 Å². The molecule has 1 saturated heterocycles. The minimum Gasteiger partial charge on any atom is -0.396 e. The van der Waals surface area contributed by atoms with E-state index < -0.39 is 0 Å². The van der Waals surface area contributed by atoms with Crippen LogP contribution in [0.3, 0.4) is 0 Å². The summed E-state index contributed by atoms with van der Waals surface area (Å²) >= 11 is 1.95. The standard InChI is InChI=1S/C10H21NOS/c1-10(2)8-11(9-10)4-7-13-6-3-5-12/h12H,3-9H2,1-2H3. The van der Waals surface area contributed by atoms with Gasteiger partial charge in [0.25, 0.3) is 0 Å². The van der Waals surface area contributed by atoms with Gasteiger partial charge in [0, 0.05) is 32.0 Å². The first-order valence-corrected chi connectivity index (χ1v) is 6.20. The summed E-state index contributed by atoms with van der Waals surface area (Å²) in [5.74, 6) is 2.32. The minimum absolute atomic E-state index is 0.337. The molecular formula is C10H21NOS. The van der Waals surface area contributed by atoms with E-state index in [1.807, 2.05) is 11.8 Å². The second-order valence-corrected chi connectivity index (χ2v) is 5.79. The van der Waals surface area contributed by atoms with Crippen LogP contribution in [0.15, 0.2) is 0 Å². The quantitative estimate of drug-likeness (QED) is 0.661. The van der Waals surface area contributed by atoms with Crippen molar-refractivity contribution >= 4 is 11.8 Å². The third kappa shape index (κ3) is 4.34. The first kappa shape index (κ1) is 11.3. The first-order chi connectivity index (χ1) is 6.14. The second kappa shape index (κ2) is 5.23. The van der Waals surface area contributed by atoms with Gasteiger partial charge in [0.1, 0.15) is 0 Å². The highest BCUT2D eigenvalue weighted by Crippen LogP contribution is 2.28. The molecule has 78 valence electrons. The van der Waals surface area contributed by atoms with Crippen molar-refractivity contribution in [3.63, 3.8) is 0 Å². The predicted octanol–water partition coefficient (Wildman–Crippen LogP) is 1.44. The average Bonchev–Trinajstić information content (AvgIpc) is 2.00. The SMILES string of the molecule is CC1(C)CN(CCSCCCO)C1. The van der Waals surface area contributed by atoms with Crippen LogP contribution in [0.4, 0.5) is 0 Å². The molecule has 0 aromatic rings. The van der Waals surface area contributed by atoms with Gasteiger partial charge < -0.3 is 10.0 Å². The van der Waals surface area contributed by atoms with E-state index in [-0.39, 0.29) is 0 Å². The maximum Gasteiger partial charge on any atom is 0.0438 e. The number of likely N-dealkylation sites (tertiary alicyclic amines) is 1. The number of hydrogen-bond acceptors (Lipinski definition) is 3. The molecule has 13 heavy (non-hydrogen) atoms. The van der Waals surface area contributed by atoms with Gasteiger partial charge in [0.15, 0.2) is 0 Å². The maximum atomic E-state index is 8.58. The fourth-order valence-corrected chi connectivity index (χ4v) is 2.71. The third-order valence-corrected chi connectivity index (χ3v) is 3.35. The van der Waals surface area contributed by atoms with Crippen molar-refractivity contribution < 1.29 is 5.11 Å². The van der Waals surface area contributed by atoms with Crippen molar-refractivity contribution in [3.05, 3.63) is 0 Å². The molecule has 1 aliphatic rings. The lowest BCUT2D eigenvalue weighted by atomic mass is 9.85. The molecule has 1 aliphatic heterocycles. The number of aliphatic hydroxyl groups excluding tert-OH is 1. The van der Waals surface area contributed by atoms with Gasteiger partial charge in [-0.05, 0) is 17.6 Å². The monoisotopic (exact) mass is 203 g/mol. The molecule has 0 bridgehead atoms. The highest BCUT2D eigenvalue weighted by Gasteiger charge is 2.33. The molecule has 1 heterocycles. The molecule has 0 aromatic heterocycles. The first-order valence-electron chi connectivity index (χ1n) is 5.05. The van der Waals surface area contributed by atoms with Crippen LogP contribution < -0.4 is 0 Å². The molecule has 1 fully saturated rings. The molecule has 0 atom stereocenters. The zero-order valence-corrected chi connectivity index (χ0v) is 9.57. The van der Waals surface area contributed by atoms with Crippen LogP contribution in [-0.4, -0.2) is 47.8 Å². The Morgan fingerprint density at radius 2 is 2.00 bits per heavy atom. The normalized spacial score (nSPS) is 21.5. The van der Waals surface area contributed by atoms with Gasteiger partial charge in [-0.2, -0.15) is 11.8 Å². The van der Waals surface area contributed by atoms with E-state index in [9.17, 15) is 0 Å². The predicted molar refractivity (Wildman–Crippen MR) is 59.2 cm³/mol. The van der Waals surface area contributed by atoms with Crippen LogP contribution in [0.2, 0.25) is 0 Å². The van der Waals surface area contributed by atoms with Crippen molar-refractivity contribution in [3.8, 4) is 0 Å². The average molecular weight is 203 g/mol. The van der Waals surface area contributed by atoms with E-state index in [2.05, 4.69) is 18.7 Å². The van der Waals surface area contributed by atoms with Crippen LogP contribution in [-0.2, 0) is 0 Å². The zero-order valence-electron chi connectivity index (χ0n) is 8.75. The fraction of sp³-hybridized carbons (Fsp3) is 1.00. The summed E-state index contributed by atoms with van der Waals surface area (Å²) in [6, 6.07) is 0. The summed E-state index contributed by atoms with van der Waals surface area (Å²) in [5.41, 5.74) is 0.565.